The molecule has 0 bridgehead atoms. The maximum absolute atomic E-state index is 10.7. The second-order valence-electron chi connectivity index (χ2n) is 5.97. The largest absolute Gasteiger partial charge is 0.481 e. The molecule has 17 heavy (non-hydrogen) atoms. The molecule has 0 aliphatic carbocycles. The Hall–Kier alpha value is -0.393. The number of carbonyl (C=O) groups is 1. The number of rotatable bonds is 7. The topological polar surface area (TPSA) is 66.8 Å². The molecule has 0 heterocycles. The van der Waals surface area contributed by atoms with Crippen LogP contribution in [0, 0.1) is 5.92 Å². The van der Waals surface area contributed by atoms with E-state index in [0.29, 0.717) is 19.4 Å². The van der Waals surface area contributed by atoms with Crippen LogP contribution < -0.4 is 0 Å². The van der Waals surface area contributed by atoms with E-state index in [1.807, 2.05) is 0 Å². The molecule has 0 aromatic heterocycles. The van der Waals surface area contributed by atoms with Gasteiger partial charge in [-0.05, 0) is 31.0 Å². The van der Waals surface area contributed by atoms with Crippen molar-refractivity contribution in [2.24, 2.45) is 5.92 Å². The lowest BCUT2D eigenvalue weighted by Gasteiger charge is -2.36. The van der Waals surface area contributed by atoms with Crippen LogP contribution in [0.4, 0.5) is 0 Å². The predicted molar refractivity (Wildman–Crippen MR) is 70.6 cm³/mol. The van der Waals surface area contributed by atoms with Gasteiger partial charge in [0.1, 0.15) is 0 Å². The molecule has 0 aromatic carbocycles. The minimum atomic E-state index is -1.72. The minimum Gasteiger partial charge on any atom is -0.481 e. The minimum absolute atomic E-state index is 0.177. The van der Waals surface area contributed by atoms with Crippen molar-refractivity contribution in [3.8, 4) is 0 Å². The molecule has 0 saturated heterocycles. The van der Waals surface area contributed by atoms with E-state index in [0.717, 1.165) is 0 Å². The third-order valence-corrected chi connectivity index (χ3v) is 8.07. The lowest BCUT2D eigenvalue weighted by atomic mass is 10.1. The highest BCUT2D eigenvalue weighted by molar-refractivity contribution is 6.74. The average Bonchev–Trinajstić information content (AvgIpc) is 2.15. The van der Waals surface area contributed by atoms with Crippen LogP contribution in [0.15, 0.2) is 0 Å². The summed E-state index contributed by atoms with van der Waals surface area (Å²) in [5.74, 6) is -1.59. The Morgan fingerprint density at radius 1 is 1.35 bits per heavy atom. The van der Waals surface area contributed by atoms with Gasteiger partial charge in [0.05, 0.1) is 12.5 Å². The molecule has 5 heteroatoms. The van der Waals surface area contributed by atoms with Crippen LogP contribution in [0.1, 0.15) is 33.6 Å². The third-order valence-electron chi connectivity index (χ3n) is 3.54. The van der Waals surface area contributed by atoms with Crippen LogP contribution >= 0.6 is 0 Å². The summed E-state index contributed by atoms with van der Waals surface area (Å²) in [6.07, 6.45) is 1.16. The zero-order chi connectivity index (χ0) is 13.7. The van der Waals surface area contributed by atoms with Crippen molar-refractivity contribution in [3.63, 3.8) is 0 Å². The molecule has 1 atom stereocenters. The summed E-state index contributed by atoms with van der Waals surface area (Å²) in [5, 5.41) is 17.8. The van der Waals surface area contributed by atoms with E-state index in [-0.39, 0.29) is 11.6 Å². The highest BCUT2D eigenvalue weighted by atomic mass is 28.4. The molecule has 4 nitrogen and oxygen atoms in total. The van der Waals surface area contributed by atoms with Gasteiger partial charge in [-0.15, -0.1) is 0 Å². The summed E-state index contributed by atoms with van der Waals surface area (Å²) < 4.78 is 5.93. The van der Waals surface area contributed by atoms with Gasteiger partial charge in [0, 0.05) is 6.61 Å². The lowest BCUT2D eigenvalue weighted by Crippen LogP contribution is -2.41. The van der Waals surface area contributed by atoms with E-state index in [1.165, 1.54) is 0 Å². The van der Waals surface area contributed by atoms with Crippen molar-refractivity contribution >= 4 is 14.3 Å². The maximum atomic E-state index is 10.7. The monoisotopic (exact) mass is 262 g/mol. The molecule has 0 fully saturated rings. The van der Waals surface area contributed by atoms with E-state index < -0.39 is 20.2 Å². The highest BCUT2D eigenvalue weighted by Gasteiger charge is 2.36. The fraction of sp³-hybridized carbons (Fsp3) is 0.917. The molecule has 0 radical (unpaired) electrons. The Kier molecular flexibility index (Phi) is 6.36. The van der Waals surface area contributed by atoms with Gasteiger partial charge in [-0.25, -0.2) is 0 Å². The highest BCUT2D eigenvalue weighted by Crippen LogP contribution is 2.36. The van der Waals surface area contributed by atoms with Gasteiger partial charge in [0.15, 0.2) is 8.32 Å². The summed E-state index contributed by atoms with van der Waals surface area (Å²) in [6.45, 7) is 11.2. The van der Waals surface area contributed by atoms with E-state index in [1.54, 1.807) is 0 Å². The number of aliphatic carboxylic acids is 1. The van der Waals surface area contributed by atoms with Gasteiger partial charge in [0.2, 0.25) is 0 Å². The predicted octanol–water partition coefficient (Wildman–Crippen LogP) is 2.48. The number of hydrogen-bond acceptors (Lipinski definition) is 3. The summed E-state index contributed by atoms with van der Waals surface area (Å²) in [4.78, 5) is 10.7. The van der Waals surface area contributed by atoms with E-state index in [4.69, 9.17) is 14.6 Å². The number of aliphatic hydroxyl groups is 1. The molecule has 0 aliphatic rings. The van der Waals surface area contributed by atoms with Crippen molar-refractivity contribution in [1.29, 1.82) is 0 Å². The Morgan fingerprint density at radius 3 is 2.24 bits per heavy atom. The Balaban J connectivity index is 3.97. The number of aliphatic hydroxyl groups excluding tert-OH is 1. The van der Waals surface area contributed by atoms with Gasteiger partial charge in [-0.2, -0.15) is 0 Å². The molecular formula is C12H26O4Si. The summed E-state index contributed by atoms with van der Waals surface area (Å²) >= 11 is 0. The van der Waals surface area contributed by atoms with Gasteiger partial charge < -0.3 is 14.6 Å². The maximum Gasteiger partial charge on any atom is 0.308 e. The molecule has 102 valence electrons. The molecule has 0 rings (SSSR count). The quantitative estimate of drug-likeness (QED) is 0.546. The van der Waals surface area contributed by atoms with Crippen LogP contribution in [0.2, 0.25) is 18.1 Å². The van der Waals surface area contributed by atoms with Gasteiger partial charge >= 0.3 is 5.97 Å². The second kappa shape index (κ2) is 6.52. The first-order chi connectivity index (χ1) is 7.62. The van der Waals surface area contributed by atoms with E-state index in [2.05, 4.69) is 33.9 Å². The second-order valence-corrected chi connectivity index (χ2v) is 10.8. The van der Waals surface area contributed by atoms with Gasteiger partial charge in [-0.3, -0.25) is 4.79 Å². The fourth-order valence-electron chi connectivity index (χ4n) is 1.17. The Morgan fingerprint density at radius 2 is 1.88 bits per heavy atom. The van der Waals surface area contributed by atoms with Crippen LogP contribution in [0.25, 0.3) is 0 Å². The molecule has 0 aliphatic heterocycles. The van der Waals surface area contributed by atoms with Crippen LogP contribution in [-0.2, 0) is 9.22 Å². The van der Waals surface area contributed by atoms with Crippen molar-refractivity contribution in [3.05, 3.63) is 0 Å². The Labute approximate surface area is 105 Å². The zero-order valence-electron chi connectivity index (χ0n) is 11.6. The molecule has 0 spiro atoms. The first-order valence-corrected chi connectivity index (χ1v) is 9.00. The van der Waals surface area contributed by atoms with Crippen molar-refractivity contribution < 1.29 is 19.4 Å². The van der Waals surface area contributed by atoms with Gasteiger partial charge in [-0.1, -0.05) is 20.8 Å². The molecule has 0 amide bonds. The van der Waals surface area contributed by atoms with Crippen molar-refractivity contribution in [1.82, 2.24) is 0 Å². The summed E-state index contributed by atoms with van der Waals surface area (Å²) in [7, 11) is -1.72. The molecule has 0 unspecified atom stereocenters. The SMILES string of the molecule is CC(C)(C)[Si](C)(C)OCCC[C@H](CO)C(=O)O. The first kappa shape index (κ1) is 16.6. The zero-order valence-corrected chi connectivity index (χ0v) is 12.6. The molecule has 0 saturated carbocycles. The van der Waals surface area contributed by atoms with Crippen LogP contribution in [0.5, 0.6) is 0 Å². The molecular weight excluding hydrogens is 236 g/mol. The normalized spacial score (nSPS) is 14.7. The smallest absolute Gasteiger partial charge is 0.308 e. The number of carboxylic acid groups (broad SMARTS) is 1. The molecule has 0 aromatic rings. The molecule has 2 N–H and O–H groups in total. The fourth-order valence-corrected chi connectivity index (χ4v) is 2.25. The number of hydrogen-bond donors (Lipinski definition) is 2. The lowest BCUT2D eigenvalue weighted by molar-refractivity contribution is -0.143. The number of carboxylic acids is 1. The average molecular weight is 262 g/mol. The Bertz CT molecular complexity index is 245. The van der Waals surface area contributed by atoms with E-state index >= 15 is 0 Å². The summed E-state index contributed by atoms with van der Waals surface area (Å²) in [6, 6.07) is 0. The van der Waals surface area contributed by atoms with Gasteiger partial charge in [0.25, 0.3) is 0 Å². The van der Waals surface area contributed by atoms with Crippen LogP contribution in [-0.4, -0.2) is 37.7 Å². The van der Waals surface area contributed by atoms with Crippen molar-refractivity contribution in [2.75, 3.05) is 13.2 Å². The van der Waals surface area contributed by atoms with Crippen molar-refractivity contribution in [2.45, 2.75) is 51.7 Å². The van der Waals surface area contributed by atoms with E-state index in [9.17, 15) is 4.79 Å². The summed E-state index contributed by atoms with van der Waals surface area (Å²) in [5.41, 5.74) is 0. The van der Waals surface area contributed by atoms with Crippen LogP contribution in [0.3, 0.4) is 0 Å². The first-order valence-electron chi connectivity index (χ1n) is 6.09. The third kappa shape index (κ3) is 5.65. The standard InChI is InChI=1S/C12H26O4Si/c1-12(2,3)17(4,5)16-8-6-7-10(9-13)11(14)15/h10,13H,6-9H2,1-5H3,(H,14,15)/t10-/m1/s1.